The Morgan fingerprint density at radius 2 is 1.35 bits per heavy atom. The van der Waals surface area contributed by atoms with Crippen molar-refractivity contribution in [2.45, 2.75) is 17.7 Å². The Morgan fingerprint density at radius 3 is 2.00 bits per heavy atom. The van der Waals surface area contributed by atoms with Gasteiger partial charge in [0.15, 0.2) is 0 Å². The summed E-state index contributed by atoms with van der Waals surface area (Å²) < 4.78 is 28.0. The van der Waals surface area contributed by atoms with E-state index in [1.54, 1.807) is 16.4 Å². The molecule has 178 valence electrons. The number of piperazine rings is 1. The number of hydrogen-bond donors (Lipinski definition) is 0. The van der Waals surface area contributed by atoms with Crippen LogP contribution in [0.15, 0.2) is 84.0 Å². The van der Waals surface area contributed by atoms with Crippen LogP contribution in [-0.4, -0.2) is 68.4 Å². The number of nitrogens with zero attached hydrogens (tertiary/aromatic N) is 4. The van der Waals surface area contributed by atoms with E-state index >= 15 is 0 Å². The van der Waals surface area contributed by atoms with E-state index in [0.29, 0.717) is 23.9 Å². The molecule has 0 aliphatic carbocycles. The van der Waals surface area contributed by atoms with E-state index in [9.17, 15) is 8.42 Å². The topological polar surface area (TPSA) is 56.8 Å². The molecular formula is C27H32N4O2S. The molecule has 7 heteroatoms. The van der Waals surface area contributed by atoms with E-state index in [0.717, 1.165) is 43.9 Å². The molecule has 0 atom stereocenters. The van der Waals surface area contributed by atoms with Gasteiger partial charge in [0.2, 0.25) is 10.0 Å². The van der Waals surface area contributed by atoms with Crippen LogP contribution in [0.25, 0.3) is 11.1 Å². The highest BCUT2D eigenvalue weighted by atomic mass is 32.2. The van der Waals surface area contributed by atoms with Crippen molar-refractivity contribution >= 4 is 15.7 Å². The molecule has 34 heavy (non-hydrogen) atoms. The maximum Gasteiger partial charge on any atom is 0.243 e. The SMILES string of the molecule is O=S(=O)(c1ccc(-c2ccccc2)cc1)N1CCN(CC2CCN(c3ccncc3)CC2)CC1. The molecule has 0 saturated carbocycles. The zero-order valence-corrected chi connectivity index (χ0v) is 20.3. The van der Waals surface area contributed by atoms with Crippen molar-refractivity contribution in [1.29, 1.82) is 0 Å². The minimum absolute atomic E-state index is 0.379. The van der Waals surface area contributed by atoms with Crippen molar-refractivity contribution in [3.8, 4) is 11.1 Å². The monoisotopic (exact) mass is 476 g/mol. The molecular weight excluding hydrogens is 444 g/mol. The second-order valence-corrected chi connectivity index (χ2v) is 11.2. The predicted octanol–water partition coefficient (Wildman–Crippen LogP) is 3.97. The number of aromatic nitrogens is 1. The third-order valence-corrected chi connectivity index (χ3v) is 9.00. The lowest BCUT2D eigenvalue weighted by molar-refractivity contribution is 0.155. The Kier molecular flexibility index (Phi) is 6.94. The van der Waals surface area contributed by atoms with Crippen molar-refractivity contribution in [2.75, 3.05) is 50.7 Å². The number of anilines is 1. The summed E-state index contributed by atoms with van der Waals surface area (Å²) in [6.07, 6.45) is 6.06. The Morgan fingerprint density at radius 1 is 0.735 bits per heavy atom. The minimum atomic E-state index is -3.46. The van der Waals surface area contributed by atoms with E-state index in [1.807, 2.05) is 54.9 Å². The van der Waals surface area contributed by atoms with E-state index < -0.39 is 10.0 Å². The molecule has 0 spiro atoms. The zero-order chi connectivity index (χ0) is 23.4. The number of hydrogen-bond acceptors (Lipinski definition) is 5. The number of rotatable bonds is 6. The molecule has 2 aliphatic rings. The molecule has 2 aliphatic heterocycles. The molecule has 0 amide bonds. The number of pyridine rings is 1. The maximum absolute atomic E-state index is 13.2. The maximum atomic E-state index is 13.2. The van der Waals surface area contributed by atoms with Crippen molar-refractivity contribution in [2.24, 2.45) is 5.92 Å². The van der Waals surface area contributed by atoms with Crippen LogP contribution in [0.5, 0.6) is 0 Å². The first kappa shape index (κ1) is 23.0. The van der Waals surface area contributed by atoms with Gasteiger partial charge in [-0.2, -0.15) is 4.31 Å². The molecule has 6 nitrogen and oxygen atoms in total. The lowest BCUT2D eigenvalue weighted by Crippen LogP contribution is -2.50. The van der Waals surface area contributed by atoms with Crippen LogP contribution in [0.3, 0.4) is 0 Å². The van der Waals surface area contributed by atoms with Crippen LogP contribution in [-0.2, 0) is 10.0 Å². The average molecular weight is 477 g/mol. The van der Waals surface area contributed by atoms with Crippen molar-refractivity contribution in [3.05, 3.63) is 79.1 Å². The van der Waals surface area contributed by atoms with E-state index in [4.69, 9.17) is 0 Å². The van der Waals surface area contributed by atoms with Gasteiger partial charge in [-0.25, -0.2) is 8.42 Å². The molecule has 3 heterocycles. The predicted molar refractivity (Wildman–Crippen MR) is 136 cm³/mol. The third-order valence-electron chi connectivity index (χ3n) is 7.09. The smallest absolute Gasteiger partial charge is 0.243 e. The quantitative estimate of drug-likeness (QED) is 0.539. The Labute approximate surface area is 202 Å². The summed E-state index contributed by atoms with van der Waals surface area (Å²) in [5, 5.41) is 0. The first-order valence-corrected chi connectivity index (χ1v) is 13.6. The summed E-state index contributed by atoms with van der Waals surface area (Å²) in [4.78, 5) is 9.37. The highest BCUT2D eigenvalue weighted by Gasteiger charge is 2.30. The van der Waals surface area contributed by atoms with Crippen LogP contribution in [0, 0.1) is 5.92 Å². The van der Waals surface area contributed by atoms with Crippen molar-refractivity contribution < 1.29 is 8.42 Å². The molecule has 2 aromatic carbocycles. The van der Waals surface area contributed by atoms with Crippen molar-refractivity contribution in [3.63, 3.8) is 0 Å². The highest BCUT2D eigenvalue weighted by Crippen LogP contribution is 2.26. The number of sulfonamides is 1. The second kappa shape index (κ2) is 10.3. The first-order chi connectivity index (χ1) is 16.6. The van der Waals surface area contributed by atoms with Crippen LogP contribution < -0.4 is 4.90 Å². The van der Waals surface area contributed by atoms with Gasteiger partial charge in [-0.3, -0.25) is 4.98 Å². The van der Waals surface area contributed by atoms with E-state index in [1.165, 1.54) is 18.5 Å². The van der Waals surface area contributed by atoms with Gasteiger partial charge < -0.3 is 9.80 Å². The molecule has 5 rings (SSSR count). The standard InChI is InChI=1S/C27H32N4O2S/c32-34(33,27-8-6-25(7-9-27)24-4-2-1-3-5-24)31-20-18-29(19-21-31)22-23-12-16-30(17-13-23)26-10-14-28-15-11-26/h1-11,14-15,23H,12-13,16-22H2. The fraction of sp³-hybridized carbons (Fsp3) is 0.370. The first-order valence-electron chi connectivity index (χ1n) is 12.1. The summed E-state index contributed by atoms with van der Waals surface area (Å²) in [7, 11) is -3.46. The Balaban J connectivity index is 1.12. The van der Waals surface area contributed by atoms with Crippen LogP contribution >= 0.6 is 0 Å². The molecule has 0 unspecified atom stereocenters. The van der Waals surface area contributed by atoms with Gasteiger partial charge in [0.05, 0.1) is 4.90 Å². The van der Waals surface area contributed by atoms with Crippen LogP contribution in [0.4, 0.5) is 5.69 Å². The van der Waals surface area contributed by atoms with Gasteiger partial charge in [-0.1, -0.05) is 42.5 Å². The third kappa shape index (κ3) is 5.17. The summed E-state index contributed by atoms with van der Waals surface area (Å²) in [6.45, 7) is 5.91. The average Bonchev–Trinajstić information content (AvgIpc) is 2.90. The lowest BCUT2D eigenvalue weighted by atomic mass is 9.95. The van der Waals surface area contributed by atoms with Gasteiger partial charge in [0, 0.05) is 63.9 Å². The fourth-order valence-electron chi connectivity index (χ4n) is 5.05. The molecule has 0 N–H and O–H groups in total. The Hall–Kier alpha value is -2.74. The zero-order valence-electron chi connectivity index (χ0n) is 19.5. The summed E-state index contributed by atoms with van der Waals surface area (Å²) in [5.74, 6) is 0.673. The minimum Gasteiger partial charge on any atom is -0.371 e. The molecule has 0 bridgehead atoms. The van der Waals surface area contributed by atoms with Crippen molar-refractivity contribution in [1.82, 2.24) is 14.2 Å². The molecule has 1 aromatic heterocycles. The van der Waals surface area contributed by atoms with Gasteiger partial charge in [0.1, 0.15) is 0 Å². The molecule has 0 radical (unpaired) electrons. The lowest BCUT2D eigenvalue weighted by Gasteiger charge is -2.39. The molecule has 2 saturated heterocycles. The van der Waals surface area contributed by atoms with E-state index in [-0.39, 0.29) is 0 Å². The van der Waals surface area contributed by atoms with Crippen LogP contribution in [0.2, 0.25) is 0 Å². The fourth-order valence-corrected chi connectivity index (χ4v) is 6.47. The second-order valence-electron chi connectivity index (χ2n) is 9.23. The van der Waals surface area contributed by atoms with Gasteiger partial charge in [-0.05, 0) is 54.2 Å². The largest absolute Gasteiger partial charge is 0.371 e. The van der Waals surface area contributed by atoms with E-state index in [2.05, 4.69) is 26.9 Å². The highest BCUT2D eigenvalue weighted by molar-refractivity contribution is 7.89. The number of piperidine rings is 1. The van der Waals surface area contributed by atoms with Gasteiger partial charge >= 0.3 is 0 Å². The molecule has 3 aromatic rings. The molecule has 2 fully saturated rings. The van der Waals surface area contributed by atoms with Gasteiger partial charge in [-0.15, -0.1) is 0 Å². The van der Waals surface area contributed by atoms with Gasteiger partial charge in [0.25, 0.3) is 0 Å². The van der Waals surface area contributed by atoms with Crippen LogP contribution in [0.1, 0.15) is 12.8 Å². The summed E-state index contributed by atoms with van der Waals surface area (Å²) in [5.41, 5.74) is 3.37. The number of benzene rings is 2. The Bertz CT molecular complexity index is 1150. The summed E-state index contributed by atoms with van der Waals surface area (Å²) >= 11 is 0. The summed E-state index contributed by atoms with van der Waals surface area (Å²) in [6, 6.07) is 21.5. The normalized spacial score (nSPS) is 18.8.